The van der Waals surface area contributed by atoms with Gasteiger partial charge < -0.3 is 33.7 Å². The maximum Gasteiger partial charge on any atom is 0.417 e. The predicted octanol–water partition coefficient (Wildman–Crippen LogP) is 11.4. The lowest BCUT2D eigenvalue weighted by molar-refractivity contribution is -0.0307. The average Bonchev–Trinajstić information content (AvgIpc) is 3.31. The maximum absolute atomic E-state index is 13.3. The SMILES string of the molecule is CCC(COCNc1ccc(C)c(NC(=O)Oc2ccccc2)c1)(COC(=O)Nc1cccc(NC(=O)Oc2ccccc2)c1)COC(=O)Nc1ccc(C)c(NC(=O)Oc2ccccc2)c1. The highest BCUT2D eigenvalue weighted by Gasteiger charge is 2.33. The fraction of sp³-hybridized carbons (Fsp3) is 0.180. The van der Waals surface area contributed by atoms with Crippen LogP contribution >= 0.6 is 0 Å². The number of aryl methyl sites for hydroxylation is 2. The molecule has 67 heavy (non-hydrogen) atoms. The van der Waals surface area contributed by atoms with E-state index in [1.807, 2.05) is 32.0 Å². The van der Waals surface area contributed by atoms with E-state index in [1.165, 1.54) is 6.07 Å². The van der Waals surface area contributed by atoms with Gasteiger partial charge in [0.2, 0.25) is 0 Å². The third kappa shape index (κ3) is 15.6. The molecule has 6 rings (SSSR count). The van der Waals surface area contributed by atoms with E-state index in [-0.39, 0.29) is 26.6 Å². The minimum Gasteiger partial charge on any atom is -0.448 e. The first kappa shape index (κ1) is 47.9. The van der Waals surface area contributed by atoms with E-state index >= 15 is 0 Å². The Hall–Kier alpha value is -8.57. The van der Waals surface area contributed by atoms with Gasteiger partial charge in [0.05, 0.1) is 12.0 Å². The van der Waals surface area contributed by atoms with Crippen LogP contribution in [0.2, 0.25) is 0 Å². The summed E-state index contributed by atoms with van der Waals surface area (Å²) < 4.78 is 33.5. The number of benzene rings is 6. The molecule has 6 aromatic rings. The van der Waals surface area contributed by atoms with Crippen molar-refractivity contribution >= 4 is 64.6 Å². The molecular weight excluding hydrogens is 861 g/mol. The van der Waals surface area contributed by atoms with Gasteiger partial charge in [-0.15, -0.1) is 0 Å². The van der Waals surface area contributed by atoms with Crippen molar-refractivity contribution in [1.82, 2.24) is 0 Å². The number of ether oxygens (including phenoxy) is 6. The normalized spacial score (nSPS) is 11.4. The van der Waals surface area contributed by atoms with E-state index < -0.39 is 35.9 Å². The van der Waals surface area contributed by atoms with E-state index in [0.717, 1.165) is 5.56 Å². The van der Waals surface area contributed by atoms with Crippen molar-refractivity contribution in [3.05, 3.63) is 163 Å². The zero-order chi connectivity index (χ0) is 47.4. The van der Waals surface area contributed by atoms with Crippen LogP contribution in [0.5, 0.6) is 17.2 Å². The first-order valence-electron chi connectivity index (χ1n) is 21.1. The highest BCUT2D eigenvalue weighted by Crippen LogP contribution is 2.27. The number of hydrogen-bond donors (Lipinski definition) is 6. The van der Waals surface area contributed by atoms with Gasteiger partial charge in [-0.1, -0.05) is 79.7 Å². The van der Waals surface area contributed by atoms with Gasteiger partial charge in [0.25, 0.3) is 0 Å². The van der Waals surface area contributed by atoms with Gasteiger partial charge in [-0.25, -0.2) is 24.0 Å². The molecule has 0 aliphatic heterocycles. The van der Waals surface area contributed by atoms with Crippen molar-refractivity contribution in [1.29, 1.82) is 0 Å². The molecule has 0 bridgehead atoms. The largest absolute Gasteiger partial charge is 0.448 e. The van der Waals surface area contributed by atoms with Crippen LogP contribution in [0.15, 0.2) is 152 Å². The van der Waals surface area contributed by atoms with Crippen molar-refractivity contribution in [2.75, 3.05) is 58.5 Å². The Morgan fingerprint density at radius 2 is 0.836 bits per heavy atom. The topological polar surface area (TPSA) is 213 Å². The summed E-state index contributed by atoms with van der Waals surface area (Å²) in [4.78, 5) is 64.2. The third-order valence-electron chi connectivity index (χ3n) is 9.97. The molecule has 346 valence electrons. The monoisotopic (exact) mass is 910 g/mol. The molecule has 0 aliphatic carbocycles. The van der Waals surface area contributed by atoms with Crippen LogP contribution in [0.4, 0.5) is 58.1 Å². The Morgan fingerprint density at radius 1 is 0.433 bits per heavy atom. The summed E-state index contributed by atoms with van der Waals surface area (Å²) in [6.07, 6.45) is -3.39. The van der Waals surface area contributed by atoms with Crippen LogP contribution in [0, 0.1) is 19.3 Å². The molecule has 0 aliphatic rings. The first-order chi connectivity index (χ1) is 32.4. The maximum atomic E-state index is 13.3. The molecule has 5 amide bonds. The summed E-state index contributed by atoms with van der Waals surface area (Å²) in [5.74, 6) is 1.12. The van der Waals surface area contributed by atoms with Crippen molar-refractivity contribution in [2.45, 2.75) is 27.2 Å². The van der Waals surface area contributed by atoms with E-state index in [4.69, 9.17) is 28.4 Å². The Labute approximate surface area is 387 Å². The Bertz CT molecular complexity index is 2620. The molecule has 1 unspecified atom stereocenters. The van der Waals surface area contributed by atoms with Crippen LogP contribution in [0.3, 0.4) is 0 Å². The molecule has 0 aromatic heterocycles. The highest BCUT2D eigenvalue weighted by atomic mass is 16.6. The standard InChI is InChI=1S/C50H50N6O11/c1-4-50(30-62-33-51-36-25-23-34(2)43(28-36)55-48(60)66-41-19-10-6-11-20-41,31-63-45(57)52-37-15-14-16-38(27-37)54-47(59)65-40-17-8-5-9-18-40)32-64-46(58)53-39-26-24-35(3)44(29-39)56-49(61)67-42-21-12-7-13-22-42/h5-29,51H,4,30-33H2,1-3H3,(H,52,57)(H,53,58)(H,54,59)(H,55,60)(H,56,61). The second-order valence-corrected chi connectivity index (χ2v) is 15.0. The van der Waals surface area contributed by atoms with Crippen molar-refractivity contribution in [3.8, 4) is 17.2 Å². The molecule has 0 saturated heterocycles. The number of hydrogen-bond acceptors (Lipinski definition) is 12. The fourth-order valence-electron chi connectivity index (χ4n) is 6.16. The number of rotatable bonds is 18. The Morgan fingerprint density at radius 3 is 1.30 bits per heavy atom. The minimum atomic E-state index is -1.05. The number of amides is 5. The van der Waals surface area contributed by atoms with Crippen LogP contribution in [-0.4, -0.2) is 57.0 Å². The second-order valence-electron chi connectivity index (χ2n) is 15.0. The summed E-state index contributed by atoms with van der Waals surface area (Å²) in [6.45, 7) is 4.92. The zero-order valence-corrected chi connectivity index (χ0v) is 37.0. The van der Waals surface area contributed by atoms with Crippen molar-refractivity contribution in [2.24, 2.45) is 5.41 Å². The van der Waals surface area contributed by atoms with Crippen LogP contribution in [0.1, 0.15) is 24.5 Å². The second kappa shape index (κ2) is 23.9. The molecule has 6 N–H and O–H groups in total. The molecule has 0 saturated carbocycles. The Kier molecular flexibility index (Phi) is 17.1. The van der Waals surface area contributed by atoms with Gasteiger partial charge in [0, 0.05) is 34.1 Å². The summed E-state index contributed by atoms with van der Waals surface area (Å²) in [7, 11) is 0. The highest BCUT2D eigenvalue weighted by molar-refractivity contribution is 5.91. The average molecular weight is 911 g/mol. The smallest absolute Gasteiger partial charge is 0.417 e. The first-order valence-corrected chi connectivity index (χ1v) is 21.1. The van der Waals surface area contributed by atoms with Crippen molar-refractivity contribution < 1.29 is 52.4 Å². The number of carbonyl (C=O) groups excluding carboxylic acids is 5. The summed E-state index contributed by atoms with van der Waals surface area (Å²) in [5, 5.41) is 16.6. The molecule has 6 aromatic carbocycles. The molecule has 17 nitrogen and oxygen atoms in total. The number of anilines is 6. The van der Waals surface area contributed by atoms with E-state index in [2.05, 4.69) is 31.9 Å². The van der Waals surface area contributed by atoms with Crippen LogP contribution in [-0.2, 0) is 14.2 Å². The van der Waals surface area contributed by atoms with Crippen LogP contribution < -0.4 is 46.1 Å². The molecule has 17 heteroatoms. The van der Waals surface area contributed by atoms with E-state index in [0.29, 0.717) is 63.4 Å². The number of nitrogens with one attached hydrogen (secondary N) is 6. The Balaban J connectivity index is 1.07. The van der Waals surface area contributed by atoms with Gasteiger partial charge in [-0.05, 0) is 110 Å². The van der Waals surface area contributed by atoms with Crippen LogP contribution in [0.25, 0.3) is 0 Å². The summed E-state index contributed by atoms with van der Waals surface area (Å²) >= 11 is 0. The number of para-hydroxylation sites is 3. The lowest BCUT2D eigenvalue weighted by atomic mass is 9.88. The predicted molar refractivity (Wildman–Crippen MR) is 254 cm³/mol. The zero-order valence-electron chi connectivity index (χ0n) is 37.0. The molecule has 0 spiro atoms. The van der Waals surface area contributed by atoms with Gasteiger partial charge >= 0.3 is 30.5 Å². The van der Waals surface area contributed by atoms with E-state index in [9.17, 15) is 24.0 Å². The van der Waals surface area contributed by atoms with Gasteiger partial charge in [-0.2, -0.15) is 0 Å². The van der Waals surface area contributed by atoms with E-state index in [1.54, 1.807) is 134 Å². The molecule has 1 atom stereocenters. The van der Waals surface area contributed by atoms with Gasteiger partial charge in [0.1, 0.15) is 37.2 Å². The third-order valence-corrected chi connectivity index (χ3v) is 9.97. The molecule has 0 heterocycles. The molecule has 0 fully saturated rings. The fourth-order valence-corrected chi connectivity index (χ4v) is 6.16. The number of carbonyl (C=O) groups is 5. The molecular formula is C50H50N6O11. The quantitative estimate of drug-likeness (QED) is 0.0351. The lowest BCUT2D eigenvalue weighted by Crippen LogP contribution is -2.39. The lowest BCUT2D eigenvalue weighted by Gasteiger charge is -2.31. The van der Waals surface area contributed by atoms with Crippen molar-refractivity contribution in [3.63, 3.8) is 0 Å². The van der Waals surface area contributed by atoms with Gasteiger partial charge in [0.15, 0.2) is 0 Å². The summed E-state index contributed by atoms with van der Waals surface area (Å²) in [6, 6.07) is 42.5. The minimum absolute atomic E-state index is 0.0184. The summed E-state index contributed by atoms with van der Waals surface area (Å²) in [5.41, 5.74) is 3.01. The van der Waals surface area contributed by atoms with Gasteiger partial charge in [-0.3, -0.25) is 26.6 Å². The molecule has 0 radical (unpaired) electrons.